The predicted molar refractivity (Wildman–Crippen MR) is 66.7 cm³/mol. The molecule has 1 aromatic rings. The lowest BCUT2D eigenvalue weighted by atomic mass is 10.0. The van der Waals surface area contributed by atoms with Crippen LogP contribution in [0.15, 0.2) is 12.4 Å². The van der Waals surface area contributed by atoms with Crippen LogP contribution in [-0.4, -0.2) is 34.3 Å². The molecule has 0 aromatic carbocycles. The van der Waals surface area contributed by atoms with Crippen molar-refractivity contribution in [2.24, 2.45) is 5.92 Å². The highest BCUT2D eigenvalue weighted by Crippen LogP contribution is 2.23. The molecule has 0 amide bonds. The van der Waals surface area contributed by atoms with E-state index in [4.69, 9.17) is 0 Å². The number of nitrogens with zero attached hydrogens (tertiary/aromatic N) is 3. The van der Waals surface area contributed by atoms with E-state index in [1.807, 2.05) is 0 Å². The minimum atomic E-state index is -0.238. The van der Waals surface area contributed by atoms with Crippen LogP contribution in [0.2, 0.25) is 0 Å². The first-order valence-electron chi connectivity index (χ1n) is 5.11. The lowest BCUT2D eigenvalue weighted by Gasteiger charge is -2.14. The molecule has 2 heterocycles. The molecular formula is C10H14IN3O. The van der Waals surface area contributed by atoms with Gasteiger partial charge in [-0.2, -0.15) is 0 Å². The monoisotopic (exact) mass is 319 g/mol. The van der Waals surface area contributed by atoms with E-state index in [9.17, 15) is 5.11 Å². The van der Waals surface area contributed by atoms with Crippen molar-refractivity contribution in [3.8, 4) is 0 Å². The zero-order valence-electron chi connectivity index (χ0n) is 8.60. The highest BCUT2D eigenvalue weighted by atomic mass is 127. The first-order valence-corrected chi connectivity index (χ1v) is 6.19. The first-order chi connectivity index (χ1) is 7.20. The fourth-order valence-electron chi connectivity index (χ4n) is 1.89. The summed E-state index contributed by atoms with van der Waals surface area (Å²) in [5.41, 5.74) is 0. The fourth-order valence-corrected chi connectivity index (χ4v) is 2.17. The summed E-state index contributed by atoms with van der Waals surface area (Å²) in [7, 11) is 0. The Morgan fingerprint density at radius 2 is 2.13 bits per heavy atom. The maximum Gasteiger partial charge on any atom is 0.225 e. The van der Waals surface area contributed by atoms with E-state index in [0.29, 0.717) is 12.5 Å². The lowest BCUT2D eigenvalue weighted by Crippen LogP contribution is -2.23. The van der Waals surface area contributed by atoms with E-state index >= 15 is 0 Å². The van der Waals surface area contributed by atoms with Crippen LogP contribution >= 0.6 is 22.6 Å². The number of aliphatic hydroxyl groups excluding tert-OH is 1. The van der Waals surface area contributed by atoms with Crippen molar-refractivity contribution in [2.45, 2.75) is 19.4 Å². The van der Waals surface area contributed by atoms with Crippen LogP contribution in [0, 0.1) is 9.49 Å². The maximum absolute atomic E-state index is 9.78. The van der Waals surface area contributed by atoms with Crippen LogP contribution in [-0.2, 0) is 0 Å². The molecule has 0 aliphatic carbocycles. The maximum atomic E-state index is 9.78. The van der Waals surface area contributed by atoms with Gasteiger partial charge in [-0.05, 0) is 29.0 Å². The second-order valence-electron chi connectivity index (χ2n) is 3.84. The van der Waals surface area contributed by atoms with E-state index in [0.717, 1.165) is 22.5 Å². The van der Waals surface area contributed by atoms with Gasteiger partial charge in [0, 0.05) is 35.0 Å². The molecule has 0 bridgehead atoms. The summed E-state index contributed by atoms with van der Waals surface area (Å²) in [4.78, 5) is 10.6. The lowest BCUT2D eigenvalue weighted by molar-refractivity contribution is 0.146. The molecule has 0 saturated carbocycles. The molecule has 2 unspecified atom stereocenters. The Hall–Kier alpha value is -0.430. The van der Waals surface area contributed by atoms with E-state index in [-0.39, 0.29) is 6.10 Å². The Morgan fingerprint density at radius 1 is 1.47 bits per heavy atom. The van der Waals surface area contributed by atoms with E-state index < -0.39 is 0 Å². The van der Waals surface area contributed by atoms with Crippen molar-refractivity contribution in [3.05, 3.63) is 16.0 Å². The van der Waals surface area contributed by atoms with Gasteiger partial charge in [0.15, 0.2) is 0 Å². The largest absolute Gasteiger partial charge is 0.391 e. The molecule has 1 aromatic heterocycles. The van der Waals surface area contributed by atoms with E-state index in [1.165, 1.54) is 0 Å². The number of anilines is 1. The van der Waals surface area contributed by atoms with Crippen LogP contribution in [0.3, 0.4) is 0 Å². The Labute approximate surface area is 103 Å². The van der Waals surface area contributed by atoms with Gasteiger partial charge in [-0.3, -0.25) is 0 Å². The van der Waals surface area contributed by atoms with Crippen LogP contribution in [0.4, 0.5) is 5.95 Å². The topological polar surface area (TPSA) is 49.2 Å². The smallest absolute Gasteiger partial charge is 0.225 e. The zero-order chi connectivity index (χ0) is 10.8. The van der Waals surface area contributed by atoms with Gasteiger partial charge in [0.25, 0.3) is 0 Å². The summed E-state index contributed by atoms with van der Waals surface area (Å²) >= 11 is 2.18. The number of aromatic nitrogens is 2. The van der Waals surface area contributed by atoms with Crippen molar-refractivity contribution in [3.63, 3.8) is 0 Å². The van der Waals surface area contributed by atoms with Crippen molar-refractivity contribution in [1.29, 1.82) is 0 Å². The third kappa shape index (κ3) is 2.39. The number of halogens is 1. The van der Waals surface area contributed by atoms with Crippen molar-refractivity contribution in [1.82, 2.24) is 9.97 Å². The summed E-state index contributed by atoms with van der Waals surface area (Å²) in [5.74, 6) is 1.08. The van der Waals surface area contributed by atoms with Gasteiger partial charge in [-0.1, -0.05) is 6.92 Å². The van der Waals surface area contributed by atoms with E-state index in [1.54, 1.807) is 12.4 Å². The second kappa shape index (κ2) is 4.61. The highest BCUT2D eigenvalue weighted by Gasteiger charge is 2.31. The van der Waals surface area contributed by atoms with Gasteiger partial charge in [0.2, 0.25) is 5.95 Å². The third-order valence-electron chi connectivity index (χ3n) is 2.82. The molecule has 1 aliphatic rings. The van der Waals surface area contributed by atoms with Gasteiger partial charge < -0.3 is 10.0 Å². The van der Waals surface area contributed by atoms with Crippen LogP contribution in [0.25, 0.3) is 0 Å². The molecular weight excluding hydrogens is 305 g/mol. The average molecular weight is 319 g/mol. The molecule has 5 heteroatoms. The van der Waals surface area contributed by atoms with Crippen LogP contribution in [0.5, 0.6) is 0 Å². The minimum Gasteiger partial charge on any atom is -0.391 e. The van der Waals surface area contributed by atoms with Crippen molar-refractivity contribution < 1.29 is 5.11 Å². The average Bonchev–Trinajstić information content (AvgIpc) is 2.61. The van der Waals surface area contributed by atoms with Crippen LogP contribution in [0.1, 0.15) is 13.3 Å². The standard InChI is InChI=1S/C10H14IN3O/c1-2-7-5-14(6-9(7)15)10-12-3-8(11)4-13-10/h3-4,7,9,15H,2,5-6H2,1H3. The summed E-state index contributed by atoms with van der Waals surface area (Å²) < 4.78 is 1.03. The second-order valence-corrected chi connectivity index (χ2v) is 5.09. The fraction of sp³-hybridized carbons (Fsp3) is 0.600. The predicted octanol–water partition coefficient (Wildman–Crippen LogP) is 1.29. The molecule has 15 heavy (non-hydrogen) atoms. The normalized spacial score (nSPS) is 25.9. The number of hydrogen-bond donors (Lipinski definition) is 1. The van der Waals surface area contributed by atoms with Gasteiger partial charge in [-0.25, -0.2) is 9.97 Å². The van der Waals surface area contributed by atoms with Crippen LogP contribution < -0.4 is 4.90 Å². The summed E-state index contributed by atoms with van der Waals surface area (Å²) in [6.07, 6.45) is 4.36. The molecule has 4 nitrogen and oxygen atoms in total. The Kier molecular flexibility index (Phi) is 3.40. The number of aliphatic hydroxyl groups is 1. The molecule has 0 spiro atoms. The Bertz CT molecular complexity index is 330. The number of rotatable bonds is 2. The highest BCUT2D eigenvalue weighted by molar-refractivity contribution is 14.1. The van der Waals surface area contributed by atoms with E-state index in [2.05, 4.69) is 44.4 Å². The molecule has 2 rings (SSSR count). The SMILES string of the molecule is CCC1CN(c2ncc(I)cn2)CC1O. The van der Waals surface area contributed by atoms with Crippen molar-refractivity contribution in [2.75, 3.05) is 18.0 Å². The summed E-state index contributed by atoms with van der Waals surface area (Å²) in [5, 5.41) is 9.78. The van der Waals surface area contributed by atoms with Gasteiger partial charge in [0.1, 0.15) is 0 Å². The minimum absolute atomic E-state index is 0.238. The quantitative estimate of drug-likeness (QED) is 0.835. The molecule has 1 saturated heterocycles. The van der Waals surface area contributed by atoms with Gasteiger partial charge >= 0.3 is 0 Å². The summed E-state index contributed by atoms with van der Waals surface area (Å²) in [6.45, 7) is 3.61. The Balaban J connectivity index is 2.10. The number of hydrogen-bond acceptors (Lipinski definition) is 4. The molecule has 82 valence electrons. The molecule has 2 atom stereocenters. The van der Waals surface area contributed by atoms with Crippen molar-refractivity contribution >= 4 is 28.5 Å². The van der Waals surface area contributed by atoms with Gasteiger partial charge in [-0.15, -0.1) is 0 Å². The molecule has 1 aliphatic heterocycles. The molecule has 1 N–H and O–H groups in total. The first kappa shape index (κ1) is 11.1. The third-order valence-corrected chi connectivity index (χ3v) is 3.38. The summed E-state index contributed by atoms with van der Waals surface area (Å²) in [6, 6.07) is 0. The number of β-amino-alcohol motifs (C(OH)–C–C–N with tert-alkyl or cyclic N) is 1. The van der Waals surface area contributed by atoms with Gasteiger partial charge in [0.05, 0.1) is 6.10 Å². The molecule has 1 fully saturated rings. The zero-order valence-corrected chi connectivity index (χ0v) is 10.8. The Morgan fingerprint density at radius 3 is 2.67 bits per heavy atom. The molecule has 0 radical (unpaired) electrons.